The average molecular weight is 241 g/mol. The second-order valence-electron chi connectivity index (χ2n) is 5.67. The molecule has 0 saturated heterocycles. The first-order valence-electron chi connectivity index (χ1n) is 6.11. The first-order valence-corrected chi connectivity index (χ1v) is 6.11. The standard InChI is InChI=1S/C12H23N3O2/c1-7-4-5-9(13)8(6-7)10(16)15-12(2,3)11(14)17/h7-9H,4-6,13H2,1-3H3,(H2,14,17)(H,15,16). The zero-order valence-corrected chi connectivity index (χ0v) is 10.8. The molecule has 5 nitrogen and oxygen atoms in total. The van der Waals surface area contributed by atoms with Gasteiger partial charge < -0.3 is 16.8 Å². The van der Waals surface area contributed by atoms with Crippen LogP contribution in [0, 0.1) is 11.8 Å². The number of hydrogen-bond acceptors (Lipinski definition) is 3. The van der Waals surface area contributed by atoms with E-state index in [2.05, 4.69) is 12.2 Å². The summed E-state index contributed by atoms with van der Waals surface area (Å²) in [7, 11) is 0. The smallest absolute Gasteiger partial charge is 0.242 e. The van der Waals surface area contributed by atoms with Crippen LogP contribution in [-0.4, -0.2) is 23.4 Å². The molecule has 17 heavy (non-hydrogen) atoms. The Labute approximate surface area is 102 Å². The third-order valence-electron chi connectivity index (χ3n) is 3.55. The Morgan fingerprint density at radius 1 is 1.29 bits per heavy atom. The highest BCUT2D eigenvalue weighted by Gasteiger charge is 2.35. The Balaban J connectivity index is 2.66. The zero-order valence-electron chi connectivity index (χ0n) is 10.8. The molecule has 3 unspecified atom stereocenters. The maximum Gasteiger partial charge on any atom is 0.242 e. The van der Waals surface area contributed by atoms with Crippen molar-refractivity contribution in [2.24, 2.45) is 23.3 Å². The predicted molar refractivity (Wildman–Crippen MR) is 65.9 cm³/mol. The van der Waals surface area contributed by atoms with Gasteiger partial charge in [-0.05, 0) is 39.0 Å². The van der Waals surface area contributed by atoms with Crippen LogP contribution in [0.15, 0.2) is 0 Å². The van der Waals surface area contributed by atoms with Crippen LogP contribution in [0.25, 0.3) is 0 Å². The fraction of sp³-hybridized carbons (Fsp3) is 0.833. The summed E-state index contributed by atoms with van der Waals surface area (Å²) in [5.74, 6) is -0.407. The first kappa shape index (κ1) is 14.0. The van der Waals surface area contributed by atoms with Crippen LogP contribution < -0.4 is 16.8 Å². The lowest BCUT2D eigenvalue weighted by Crippen LogP contribution is -2.57. The van der Waals surface area contributed by atoms with Gasteiger partial charge in [-0.15, -0.1) is 0 Å². The summed E-state index contributed by atoms with van der Waals surface area (Å²) in [6, 6.07) is -0.116. The highest BCUT2D eigenvalue weighted by molar-refractivity contribution is 5.90. The zero-order chi connectivity index (χ0) is 13.2. The number of primary amides is 1. The van der Waals surface area contributed by atoms with Gasteiger partial charge in [-0.3, -0.25) is 9.59 Å². The topological polar surface area (TPSA) is 98.2 Å². The van der Waals surface area contributed by atoms with Crippen molar-refractivity contribution >= 4 is 11.8 Å². The van der Waals surface area contributed by atoms with E-state index in [1.807, 2.05) is 0 Å². The van der Waals surface area contributed by atoms with Crippen molar-refractivity contribution in [3.05, 3.63) is 0 Å². The average Bonchev–Trinajstić information content (AvgIpc) is 2.20. The molecule has 0 aliphatic heterocycles. The first-order chi connectivity index (χ1) is 7.74. The van der Waals surface area contributed by atoms with E-state index in [4.69, 9.17) is 11.5 Å². The highest BCUT2D eigenvalue weighted by atomic mass is 16.2. The van der Waals surface area contributed by atoms with Gasteiger partial charge in [-0.1, -0.05) is 6.92 Å². The molecule has 0 heterocycles. The molecule has 2 amide bonds. The van der Waals surface area contributed by atoms with Gasteiger partial charge in [0.05, 0.1) is 5.92 Å². The van der Waals surface area contributed by atoms with Crippen molar-refractivity contribution in [1.82, 2.24) is 5.32 Å². The Morgan fingerprint density at radius 3 is 2.41 bits per heavy atom. The molecule has 1 fully saturated rings. The molecular formula is C12H23N3O2. The summed E-state index contributed by atoms with van der Waals surface area (Å²) in [6.45, 7) is 5.32. The second kappa shape index (κ2) is 5.04. The van der Waals surface area contributed by atoms with Crippen LogP contribution in [0.4, 0.5) is 0 Å². The second-order valence-corrected chi connectivity index (χ2v) is 5.67. The van der Waals surface area contributed by atoms with Crippen LogP contribution in [0.5, 0.6) is 0 Å². The van der Waals surface area contributed by atoms with E-state index in [-0.39, 0.29) is 17.9 Å². The fourth-order valence-corrected chi connectivity index (χ4v) is 2.17. The van der Waals surface area contributed by atoms with Gasteiger partial charge in [-0.2, -0.15) is 0 Å². The third-order valence-corrected chi connectivity index (χ3v) is 3.55. The summed E-state index contributed by atoms with van der Waals surface area (Å²) >= 11 is 0. The number of amides is 2. The summed E-state index contributed by atoms with van der Waals surface area (Å²) in [6.07, 6.45) is 2.70. The summed E-state index contributed by atoms with van der Waals surface area (Å²) in [5, 5.41) is 2.68. The minimum atomic E-state index is -1.02. The molecule has 0 spiro atoms. The van der Waals surface area contributed by atoms with Crippen molar-refractivity contribution in [3.8, 4) is 0 Å². The minimum absolute atomic E-state index is 0.116. The highest BCUT2D eigenvalue weighted by Crippen LogP contribution is 2.28. The van der Waals surface area contributed by atoms with Gasteiger partial charge in [0, 0.05) is 6.04 Å². The number of nitrogens with one attached hydrogen (secondary N) is 1. The Kier molecular flexibility index (Phi) is 4.14. The Bertz CT molecular complexity index is 315. The van der Waals surface area contributed by atoms with Crippen LogP contribution >= 0.6 is 0 Å². The van der Waals surface area contributed by atoms with Gasteiger partial charge >= 0.3 is 0 Å². The molecular weight excluding hydrogens is 218 g/mol. The molecule has 1 aliphatic carbocycles. The van der Waals surface area contributed by atoms with Crippen LogP contribution in [0.2, 0.25) is 0 Å². The van der Waals surface area contributed by atoms with Gasteiger partial charge in [0.1, 0.15) is 5.54 Å². The molecule has 0 bridgehead atoms. The molecule has 5 heteroatoms. The molecule has 1 rings (SSSR count). The lowest BCUT2D eigenvalue weighted by molar-refractivity contribution is -0.134. The van der Waals surface area contributed by atoms with E-state index in [9.17, 15) is 9.59 Å². The molecule has 0 radical (unpaired) electrons. The van der Waals surface area contributed by atoms with E-state index in [0.717, 1.165) is 19.3 Å². The van der Waals surface area contributed by atoms with E-state index in [0.29, 0.717) is 5.92 Å². The molecule has 0 aromatic carbocycles. The summed E-state index contributed by atoms with van der Waals surface area (Å²) < 4.78 is 0. The molecule has 1 saturated carbocycles. The van der Waals surface area contributed by atoms with Crippen LogP contribution in [0.1, 0.15) is 40.0 Å². The third kappa shape index (κ3) is 3.43. The fourth-order valence-electron chi connectivity index (χ4n) is 2.17. The summed E-state index contributed by atoms with van der Waals surface area (Å²) in [5.41, 5.74) is 10.2. The number of rotatable bonds is 3. The molecule has 1 aliphatic rings. The molecule has 5 N–H and O–H groups in total. The monoisotopic (exact) mass is 241 g/mol. The quantitative estimate of drug-likeness (QED) is 0.655. The number of nitrogens with two attached hydrogens (primary N) is 2. The van der Waals surface area contributed by atoms with Crippen LogP contribution in [-0.2, 0) is 9.59 Å². The van der Waals surface area contributed by atoms with Crippen molar-refractivity contribution < 1.29 is 9.59 Å². The SMILES string of the molecule is CC1CCC(N)C(C(=O)NC(C)(C)C(N)=O)C1. The van der Waals surface area contributed by atoms with Crippen LogP contribution in [0.3, 0.4) is 0 Å². The molecule has 0 aromatic rings. The largest absolute Gasteiger partial charge is 0.368 e. The Hall–Kier alpha value is -1.10. The maximum atomic E-state index is 12.1. The van der Waals surface area contributed by atoms with E-state index >= 15 is 0 Å². The van der Waals surface area contributed by atoms with Crippen molar-refractivity contribution in [2.45, 2.75) is 51.6 Å². The number of carbonyl (C=O) groups is 2. The number of carbonyl (C=O) groups excluding carboxylic acids is 2. The van der Waals surface area contributed by atoms with Gasteiger partial charge in [0.2, 0.25) is 11.8 Å². The number of hydrogen-bond donors (Lipinski definition) is 3. The van der Waals surface area contributed by atoms with Crippen molar-refractivity contribution in [1.29, 1.82) is 0 Å². The van der Waals surface area contributed by atoms with Crippen molar-refractivity contribution in [3.63, 3.8) is 0 Å². The van der Waals surface area contributed by atoms with Crippen molar-refractivity contribution in [2.75, 3.05) is 0 Å². The lowest BCUT2D eigenvalue weighted by atomic mass is 9.78. The van der Waals surface area contributed by atoms with Gasteiger partial charge in [0.25, 0.3) is 0 Å². The minimum Gasteiger partial charge on any atom is -0.368 e. The summed E-state index contributed by atoms with van der Waals surface area (Å²) in [4.78, 5) is 23.2. The lowest BCUT2D eigenvalue weighted by Gasteiger charge is -2.33. The van der Waals surface area contributed by atoms with E-state index in [1.54, 1.807) is 13.8 Å². The predicted octanol–water partition coefficient (Wildman–Crippen LogP) is 0.130. The molecule has 0 aromatic heterocycles. The molecule has 3 atom stereocenters. The molecule has 98 valence electrons. The van der Waals surface area contributed by atoms with Gasteiger partial charge in [-0.25, -0.2) is 0 Å². The maximum absolute atomic E-state index is 12.1. The van der Waals surface area contributed by atoms with E-state index in [1.165, 1.54) is 0 Å². The Morgan fingerprint density at radius 2 is 1.88 bits per heavy atom. The van der Waals surface area contributed by atoms with Gasteiger partial charge in [0.15, 0.2) is 0 Å². The normalized spacial score (nSPS) is 29.8. The van der Waals surface area contributed by atoms with E-state index < -0.39 is 11.4 Å².